The van der Waals surface area contributed by atoms with E-state index in [4.69, 9.17) is 14.2 Å². The molecule has 6 saturated heterocycles. The second-order valence-electron chi connectivity index (χ2n) is 48.7. The standard InChI is InChI=1S/C35H48N4O4SSi.C34H45N3O3SSi.C32H43N3O3SSi.C4H9O.Li/c1-8-12-27(40)37-19-17-34-24-14-9-10-15-25(24)39(44(41,42)21-22-45(5,6)7)31-35(34)18-20-38(32(34)37)29(30-33(2,3)43-30)23-13-11-16-26(28(23)35)36(31)4;1-32(2)31(40-32)24-13-10-19-34(29(22-35)36(3)27-16-9-12-23(24)30(27)34)33-18-11-17-28(33)37(26-15-8-7-14-25(26)33)41(38,39)20-21-42(4,5)6;1-30(2)28(38-30)27-21-11-9-14-24-26(21)32-17-18-34(27)25-15-10-16-31(25,32)22-12-7-8-13-23(22)35(29(32)33(24)3)39(36,37)19-20-40(4,5)6;1-4(2,3)5;/h9-11,13-16,29-32H,8,12,17-22H2,1-7H3;7-9,12,14-16,24,28-29,31H,10-11,13,17-21H2,1-6H3;7-9,11-14,25,27-29H,10,15-20H2,1-6H3;1-3H3;/q;;;-1;+1/t29-,30+,31-,32+,34-,35-;24-,28+,29+,31+,33-,34+;25-,27-,28+,29-,31-,32-;;/m000../s1. The number of para-hydroxylation sites is 3. The molecule has 133 heavy (non-hydrogen) atoms. The molecule has 712 valence electrons. The summed E-state index contributed by atoms with van der Waals surface area (Å²) < 4.78 is 113. The van der Waals surface area contributed by atoms with Crippen molar-refractivity contribution in [3.63, 3.8) is 0 Å². The number of likely N-dealkylation sites (tertiary alicyclic amines) is 1. The second kappa shape index (κ2) is 31.7. The summed E-state index contributed by atoms with van der Waals surface area (Å²) in [5, 5.41) is 21.1. The van der Waals surface area contributed by atoms with Gasteiger partial charge in [-0.3, -0.25) is 18.9 Å². The van der Waals surface area contributed by atoms with E-state index >= 15 is 0 Å². The average Bonchev–Trinajstić information content (AvgIpc) is 1.47. The van der Waals surface area contributed by atoms with E-state index in [1.807, 2.05) is 43.2 Å². The maximum Gasteiger partial charge on any atom is 1.00 e. The van der Waals surface area contributed by atoms with Crippen LogP contribution in [-0.2, 0) is 81.6 Å². The van der Waals surface area contributed by atoms with E-state index in [0.29, 0.717) is 25.1 Å². The van der Waals surface area contributed by atoms with Crippen molar-refractivity contribution in [1.82, 2.24) is 14.7 Å². The van der Waals surface area contributed by atoms with Crippen molar-refractivity contribution in [2.24, 2.45) is 0 Å². The molecule has 0 radical (unpaired) electrons. The van der Waals surface area contributed by atoms with Crippen molar-refractivity contribution in [3.8, 4) is 6.07 Å². The molecule has 21 nitrogen and oxygen atoms in total. The van der Waals surface area contributed by atoms with Gasteiger partial charge in [0.15, 0.2) is 0 Å². The Morgan fingerprint density at radius 1 is 0.444 bits per heavy atom. The van der Waals surface area contributed by atoms with E-state index in [2.05, 4.69) is 261 Å². The molecular weight excluding hydrogens is 1760 g/mol. The third-order valence-electron chi connectivity index (χ3n) is 35.2. The molecule has 14 aliphatic heterocycles. The maximum absolute atomic E-state index is 14.8. The summed E-state index contributed by atoms with van der Waals surface area (Å²) in [6, 6.07) is 50.3. The number of nitrogens with zero attached hydrogens (tertiary/aromatic N) is 10. The quantitative estimate of drug-likeness (QED) is 0.0575. The van der Waals surface area contributed by atoms with Crippen LogP contribution in [0, 0.1) is 11.3 Å². The summed E-state index contributed by atoms with van der Waals surface area (Å²) in [5.74, 6) is 1.03. The molecule has 2 saturated carbocycles. The fourth-order valence-corrected chi connectivity index (χ4v) is 44.5. The molecule has 20 atom stereocenters. The number of benzene rings is 6. The Labute approximate surface area is 809 Å². The third-order valence-corrected chi connectivity index (χ3v) is 46.7. The average molecular weight is 1910 g/mol. The number of hydrogen-bond acceptors (Lipinski definition) is 17. The summed E-state index contributed by atoms with van der Waals surface area (Å²) in [5.41, 5.74) is 13.8. The molecule has 4 bridgehead atoms. The van der Waals surface area contributed by atoms with Crippen molar-refractivity contribution in [1.29, 1.82) is 5.26 Å². The van der Waals surface area contributed by atoms with Gasteiger partial charge in [-0.05, 0) is 210 Å². The topological polar surface area (TPSA) is 233 Å². The second-order valence-corrected chi connectivity index (χ2v) is 71.4. The van der Waals surface area contributed by atoms with Crippen LogP contribution in [0.3, 0.4) is 0 Å². The molecule has 28 heteroatoms. The summed E-state index contributed by atoms with van der Waals surface area (Å²) in [6.07, 6.45) is 12.4. The number of likely N-dealkylation sites (N-methyl/N-ethyl adjacent to an activating group) is 3. The number of carbonyl (C=O) groups excluding carboxylic acids is 1. The van der Waals surface area contributed by atoms with Crippen LogP contribution in [0.4, 0.5) is 34.1 Å². The zero-order valence-electron chi connectivity index (χ0n) is 83.5. The van der Waals surface area contributed by atoms with Crippen LogP contribution in [0.5, 0.6) is 0 Å². The van der Waals surface area contributed by atoms with E-state index in [9.17, 15) is 40.4 Å². The number of piperidine rings is 2. The molecule has 17 aliphatic rings. The van der Waals surface area contributed by atoms with Crippen LogP contribution in [0.2, 0.25) is 77.1 Å². The molecule has 23 rings (SSSR count). The van der Waals surface area contributed by atoms with E-state index in [0.717, 1.165) is 142 Å². The summed E-state index contributed by atoms with van der Waals surface area (Å²) in [7, 11) is -9.25. The third kappa shape index (κ3) is 13.8. The number of anilines is 6. The molecule has 6 aromatic carbocycles. The first-order valence-electron chi connectivity index (χ1n) is 49.7. The van der Waals surface area contributed by atoms with Gasteiger partial charge in [-0.2, -0.15) is 5.26 Å². The minimum absolute atomic E-state index is 0. The van der Waals surface area contributed by atoms with Gasteiger partial charge in [0.1, 0.15) is 30.6 Å². The van der Waals surface area contributed by atoms with Gasteiger partial charge >= 0.3 is 18.9 Å². The summed E-state index contributed by atoms with van der Waals surface area (Å²) in [6.45, 7) is 42.9. The monoisotopic (exact) mass is 1910 g/mol. The van der Waals surface area contributed by atoms with Crippen molar-refractivity contribution < 1.29 is 68.2 Å². The van der Waals surface area contributed by atoms with Gasteiger partial charge in [-0.1, -0.05) is 197 Å². The van der Waals surface area contributed by atoms with Gasteiger partial charge in [-0.15, -0.1) is 5.60 Å². The van der Waals surface area contributed by atoms with Crippen LogP contribution in [0.1, 0.15) is 227 Å². The molecule has 6 aromatic rings. The number of rotatable bonds is 18. The number of hydrogen-bond donors (Lipinski definition) is 0. The molecule has 1 amide bonds. The SMILES string of the molecule is CC(C)(C)[O-].CCCC(=O)N1CC[C@@]23c4ccccc4N(S(=O)(=O)CC[Si](C)(C)C)[C@@H]4N(C)c5cccc6c5[C@@]42CCN([C@@H]13)[C@@H]6[C@H]1OC1(C)C.CN1c2cccc3c2[C@@]([C@]24CCC[C@H]2N(S(=O)(=O)CC[Si](C)(C)C)c2ccccc24)(CCC[C@@H]3[C@H]2OC2(C)C)[C@H]1C#N.CN1c2cccc3c2[C@]24CCN([C@H]5CCC[C@]52c2ccccc2N(S(=O)(=O)CC[Si](C)(C)C)[C@H]14)[C@@H]3[C@H]1OC1(C)C.[Li+]. The molecule has 14 heterocycles. The Kier molecular flexibility index (Phi) is 22.9. The van der Waals surface area contributed by atoms with Crippen LogP contribution in [-0.4, -0.2) is 205 Å². The van der Waals surface area contributed by atoms with Gasteiger partial charge in [0.05, 0.1) is 98.4 Å². The van der Waals surface area contributed by atoms with Gasteiger partial charge in [0, 0.05) is 122 Å². The Balaban J connectivity index is 0.000000125. The smallest absolute Gasteiger partial charge is 0.850 e. The van der Waals surface area contributed by atoms with Crippen LogP contribution in [0.25, 0.3) is 0 Å². The Hall–Kier alpha value is -6.06. The van der Waals surface area contributed by atoms with Gasteiger partial charge < -0.3 is 38.9 Å². The zero-order chi connectivity index (χ0) is 94.3. The number of epoxide rings is 3. The van der Waals surface area contributed by atoms with Gasteiger partial charge in [0.25, 0.3) is 0 Å². The van der Waals surface area contributed by atoms with Gasteiger partial charge in [-0.25, -0.2) is 33.9 Å². The largest absolute Gasteiger partial charge is 1.00 e. The number of sulfonamides is 3. The molecule has 4 spiro atoms. The Morgan fingerprint density at radius 2 is 0.797 bits per heavy atom. The van der Waals surface area contributed by atoms with Crippen LogP contribution >= 0.6 is 0 Å². The van der Waals surface area contributed by atoms with Crippen molar-refractivity contribution >= 4 is 94.3 Å². The van der Waals surface area contributed by atoms with Crippen molar-refractivity contribution in [2.45, 2.75) is 364 Å². The van der Waals surface area contributed by atoms with E-state index in [1.54, 1.807) is 20.8 Å². The maximum atomic E-state index is 14.8. The molecule has 0 aromatic heterocycles. The first kappa shape index (κ1) is 95.8. The molecule has 8 fully saturated rings. The number of ether oxygens (including phenoxy) is 3. The predicted molar refractivity (Wildman–Crippen MR) is 536 cm³/mol. The zero-order valence-corrected chi connectivity index (χ0v) is 89.0. The van der Waals surface area contributed by atoms with E-state index in [-0.39, 0.29) is 130 Å². The van der Waals surface area contributed by atoms with E-state index < -0.39 is 87.7 Å². The van der Waals surface area contributed by atoms with Crippen LogP contribution < -0.4 is 51.6 Å². The summed E-state index contributed by atoms with van der Waals surface area (Å²) in [4.78, 5) is 28.5. The predicted octanol–water partition coefficient (Wildman–Crippen LogP) is 14.9. The normalized spacial score (nSPS) is 34.7. The molecule has 3 aliphatic carbocycles. The molecule has 2 unspecified atom stereocenters. The Bertz CT molecular complexity index is 6090. The molecular formula is C105H145LiN10O11S3Si3. The van der Waals surface area contributed by atoms with Crippen molar-refractivity contribution in [2.75, 3.05) is 85.7 Å². The number of fused-ring (bicyclic) bond motifs is 6. The van der Waals surface area contributed by atoms with Crippen molar-refractivity contribution in [3.05, 3.63) is 177 Å². The number of amides is 1. The fraction of sp³-hybridized carbons (Fsp3) is 0.638. The first-order valence-corrected chi connectivity index (χ1v) is 65.7. The number of nitriles is 1. The molecule has 0 N–H and O–H groups in total. The summed E-state index contributed by atoms with van der Waals surface area (Å²) >= 11 is 0. The minimum Gasteiger partial charge on any atom is -0.850 e. The Morgan fingerprint density at radius 3 is 1.24 bits per heavy atom. The number of carbonyl (C=O) groups is 1. The minimum atomic E-state index is -3.69. The first-order chi connectivity index (χ1) is 61.9. The van der Waals surface area contributed by atoms with Crippen LogP contribution in [0.15, 0.2) is 127 Å². The van der Waals surface area contributed by atoms with E-state index in [1.165, 1.54) is 51.1 Å². The fourth-order valence-electron chi connectivity index (χ4n) is 30.1. The van der Waals surface area contributed by atoms with Gasteiger partial charge in [0.2, 0.25) is 36.0 Å².